The van der Waals surface area contributed by atoms with E-state index in [-0.39, 0.29) is 88.3 Å². The quantitative estimate of drug-likeness (QED) is 0.0290. The molecule has 73 heavy (non-hydrogen) atoms. The molecule has 7 amide bonds. The van der Waals surface area contributed by atoms with Gasteiger partial charge in [0.1, 0.15) is 12.4 Å². The summed E-state index contributed by atoms with van der Waals surface area (Å²) in [6.45, 7) is 6.33. The highest BCUT2D eigenvalue weighted by molar-refractivity contribution is 6.12. The van der Waals surface area contributed by atoms with Gasteiger partial charge in [-0.3, -0.25) is 38.8 Å². The van der Waals surface area contributed by atoms with Crippen molar-refractivity contribution in [3.05, 3.63) is 126 Å². The van der Waals surface area contributed by atoms with Crippen LogP contribution in [0.4, 0.5) is 15.3 Å². The zero-order valence-corrected chi connectivity index (χ0v) is 41.2. The van der Waals surface area contributed by atoms with E-state index >= 15 is 0 Å². The number of primary amides is 1. The molecular formula is C54H61N9O10. The minimum absolute atomic E-state index is 0.0712. The molecule has 4 heterocycles. The smallest absolute Gasteiger partial charge is 0.410 e. The number of imidazole rings is 1. The number of Topliss-reactive ketones (excluding diaryl/α,β-unsaturated/α-hetero) is 1. The Morgan fingerprint density at radius 3 is 2.32 bits per heavy atom. The third-order valence-corrected chi connectivity index (χ3v) is 12.3. The lowest BCUT2D eigenvalue weighted by atomic mass is 9.89. The van der Waals surface area contributed by atoms with Crippen LogP contribution in [0.25, 0.3) is 22.6 Å². The fourth-order valence-electron chi connectivity index (χ4n) is 8.46. The Balaban J connectivity index is 0.973. The van der Waals surface area contributed by atoms with Crippen molar-refractivity contribution in [3.63, 3.8) is 0 Å². The van der Waals surface area contributed by atoms with E-state index in [4.69, 9.17) is 29.9 Å². The van der Waals surface area contributed by atoms with Gasteiger partial charge in [0.25, 0.3) is 11.8 Å². The van der Waals surface area contributed by atoms with Crippen LogP contribution in [0.1, 0.15) is 81.4 Å². The molecule has 7 rings (SSSR count). The van der Waals surface area contributed by atoms with Crippen LogP contribution >= 0.6 is 0 Å². The van der Waals surface area contributed by atoms with E-state index in [2.05, 4.69) is 20.9 Å². The third kappa shape index (κ3) is 14.8. The molecular weight excluding hydrogens is 935 g/mol. The van der Waals surface area contributed by atoms with Crippen LogP contribution in [0.5, 0.6) is 11.5 Å². The second-order valence-electron chi connectivity index (χ2n) is 18.3. The molecule has 6 N–H and O–H groups in total. The maximum absolute atomic E-state index is 14.0. The minimum Gasteiger partial charge on any atom is -0.454 e. The van der Waals surface area contributed by atoms with Gasteiger partial charge in [-0.15, -0.1) is 0 Å². The molecule has 3 aromatic carbocycles. The molecule has 0 bridgehead atoms. The van der Waals surface area contributed by atoms with Gasteiger partial charge in [0.05, 0.1) is 29.7 Å². The van der Waals surface area contributed by atoms with Gasteiger partial charge in [0.15, 0.2) is 17.3 Å². The fourth-order valence-corrected chi connectivity index (χ4v) is 8.46. The molecule has 0 unspecified atom stereocenters. The van der Waals surface area contributed by atoms with Crippen LogP contribution in [0.3, 0.4) is 0 Å². The number of anilines is 1. The van der Waals surface area contributed by atoms with Crippen molar-refractivity contribution in [2.75, 3.05) is 25.2 Å². The number of nitrogens with two attached hydrogens (primary N) is 1. The summed E-state index contributed by atoms with van der Waals surface area (Å²) in [7, 11) is 0. The predicted octanol–water partition coefficient (Wildman–Crippen LogP) is 7.10. The van der Waals surface area contributed by atoms with Gasteiger partial charge in [-0.25, -0.2) is 14.6 Å². The Bertz CT molecular complexity index is 2790. The Morgan fingerprint density at radius 1 is 0.836 bits per heavy atom. The van der Waals surface area contributed by atoms with E-state index in [0.29, 0.717) is 71.3 Å². The van der Waals surface area contributed by atoms with Gasteiger partial charge < -0.3 is 40.9 Å². The number of H-pyrrole nitrogens is 1. The molecule has 0 fully saturated rings. The average molecular weight is 996 g/mol. The molecule has 2 aliphatic rings. The second-order valence-corrected chi connectivity index (χ2v) is 18.3. The number of fused-ring (bicyclic) bond motifs is 1. The van der Waals surface area contributed by atoms with Gasteiger partial charge in [-0.05, 0) is 92.1 Å². The number of hydrogen-bond donors (Lipinski definition) is 5. The third-order valence-electron chi connectivity index (χ3n) is 12.3. The number of ether oxygens (including phenoxy) is 3. The molecule has 19 nitrogen and oxygen atoms in total. The van der Waals surface area contributed by atoms with E-state index in [1.165, 1.54) is 12.2 Å². The maximum atomic E-state index is 14.0. The summed E-state index contributed by atoms with van der Waals surface area (Å²) >= 11 is 0. The minimum atomic E-state index is -0.853. The molecule has 2 aromatic heterocycles. The summed E-state index contributed by atoms with van der Waals surface area (Å²) in [6.07, 6.45) is 4.07. The summed E-state index contributed by atoms with van der Waals surface area (Å²) in [5, 5.41) is 8.25. The fraction of sp³-hybridized carbons (Fsp3) is 0.352. The predicted molar refractivity (Wildman–Crippen MR) is 270 cm³/mol. The first-order chi connectivity index (χ1) is 35.2. The zero-order chi connectivity index (χ0) is 51.9. The number of nitrogens with zero attached hydrogens (tertiary/aromatic N) is 4. The first-order valence-electron chi connectivity index (χ1n) is 24.4. The maximum Gasteiger partial charge on any atom is 0.410 e. The molecule has 0 radical (unpaired) electrons. The normalized spacial score (nSPS) is 13.5. The van der Waals surface area contributed by atoms with Crippen molar-refractivity contribution in [2.24, 2.45) is 17.6 Å². The molecule has 0 saturated carbocycles. The van der Waals surface area contributed by atoms with Crippen LogP contribution < -0.4 is 31.2 Å². The lowest BCUT2D eigenvalue weighted by molar-refractivity contribution is -0.137. The van der Waals surface area contributed by atoms with E-state index in [0.717, 1.165) is 21.7 Å². The average Bonchev–Trinajstić information content (AvgIpc) is 4.11. The number of ketones is 1. The van der Waals surface area contributed by atoms with E-state index in [9.17, 15) is 33.6 Å². The number of benzene rings is 3. The zero-order valence-electron chi connectivity index (χ0n) is 41.2. The number of pyridine rings is 1. The molecule has 2 aliphatic heterocycles. The van der Waals surface area contributed by atoms with E-state index in [1.807, 2.05) is 87.5 Å². The summed E-state index contributed by atoms with van der Waals surface area (Å²) in [5.41, 5.74) is 10.8. The van der Waals surface area contributed by atoms with Crippen molar-refractivity contribution in [1.29, 1.82) is 0 Å². The van der Waals surface area contributed by atoms with Crippen molar-refractivity contribution < 1.29 is 47.8 Å². The molecule has 0 spiro atoms. The molecule has 19 heteroatoms. The number of imide groups is 1. The van der Waals surface area contributed by atoms with Crippen molar-refractivity contribution >= 4 is 47.2 Å². The standard InChI is InChI=1S/C54H61N9O10/c1-34(2)49(61-46(65)17-8-5-9-27-63-47(66)24-25-48(63)67)42(64)28-39(15-11-26-56-53(55)69)52(68)58-40-21-18-37(19-22-40)32-71-54(70)62(30-36-13-6-4-7-14-36)31-45-59-50(38-20-23-43-44(29-38)73-33-72-43)51(60-45)41-16-10-12-35(3)57-41/h4,6-7,10,12-14,16,18-25,29,34,39,49H,5,8-9,11,15,17,26-28,30-33H2,1-3H3,(H,58,68)(H,59,60)(H,61,65)(H3,55,56,69)/t39-,49+/m1/s1. The van der Waals surface area contributed by atoms with Crippen LogP contribution in [0.2, 0.25) is 0 Å². The Morgan fingerprint density at radius 2 is 1.59 bits per heavy atom. The second kappa shape index (κ2) is 25.2. The number of aromatic nitrogens is 3. The topological polar surface area (TPSA) is 257 Å². The molecule has 0 aliphatic carbocycles. The molecule has 5 aromatic rings. The van der Waals surface area contributed by atoms with Gasteiger partial charge in [-0.2, -0.15) is 0 Å². The highest BCUT2D eigenvalue weighted by Gasteiger charge is 2.30. The van der Waals surface area contributed by atoms with Crippen LogP contribution in [0.15, 0.2) is 103 Å². The molecule has 0 saturated heterocycles. The lowest BCUT2D eigenvalue weighted by Crippen LogP contribution is -2.45. The van der Waals surface area contributed by atoms with Crippen molar-refractivity contribution in [1.82, 2.24) is 35.4 Å². The number of carbonyl (C=O) groups excluding carboxylic acids is 7. The molecule has 2 atom stereocenters. The number of aromatic amines is 1. The number of nitrogens with one attached hydrogen (secondary N) is 4. The number of rotatable bonds is 25. The Kier molecular flexibility index (Phi) is 18.1. The van der Waals surface area contributed by atoms with Crippen molar-refractivity contribution in [3.8, 4) is 34.1 Å². The summed E-state index contributed by atoms with van der Waals surface area (Å²) in [4.78, 5) is 105. The Labute approximate surface area is 423 Å². The first kappa shape index (κ1) is 52.5. The summed E-state index contributed by atoms with van der Waals surface area (Å²) in [5.74, 6) is -1.10. The number of amides is 7. The highest BCUT2D eigenvalue weighted by atomic mass is 16.7. The number of unbranched alkanes of at least 4 members (excludes halogenated alkanes) is 2. The molecule has 382 valence electrons. The number of hydrogen-bond acceptors (Lipinski definition) is 12. The summed E-state index contributed by atoms with van der Waals surface area (Å²) < 4.78 is 17.1. The largest absolute Gasteiger partial charge is 0.454 e. The first-order valence-corrected chi connectivity index (χ1v) is 24.4. The number of carbonyl (C=O) groups is 7. The lowest BCUT2D eigenvalue weighted by Gasteiger charge is -2.24. The van der Waals surface area contributed by atoms with Gasteiger partial charge in [0, 0.05) is 67.5 Å². The summed E-state index contributed by atoms with van der Waals surface area (Å²) in [6, 6.07) is 26.1. The van der Waals surface area contributed by atoms with E-state index in [1.54, 1.807) is 29.2 Å². The van der Waals surface area contributed by atoms with Gasteiger partial charge in [0.2, 0.25) is 18.6 Å². The van der Waals surface area contributed by atoms with Crippen LogP contribution in [-0.4, -0.2) is 92.2 Å². The van der Waals surface area contributed by atoms with Gasteiger partial charge >= 0.3 is 12.1 Å². The number of urea groups is 1. The Hall–Kier alpha value is -8.35. The number of aryl methyl sites for hydroxylation is 1. The monoisotopic (exact) mass is 995 g/mol. The van der Waals surface area contributed by atoms with Crippen LogP contribution in [0, 0.1) is 18.8 Å². The highest BCUT2D eigenvalue weighted by Crippen LogP contribution is 2.38. The SMILES string of the molecule is Cc1cccc(-c2[nH]c(CN(Cc3ccccc3)C(=O)OCc3ccc(NC(=O)[C@H](CCCNC(N)=O)CC(=O)[C@@H](NC(=O)CCCCCN4C(=O)C=CC4=O)C(C)C)cc3)nc2-c2ccc3c(c2)OCO3)n1. The van der Waals surface area contributed by atoms with Crippen molar-refractivity contribution in [2.45, 2.75) is 91.5 Å². The van der Waals surface area contributed by atoms with Gasteiger partial charge in [-0.1, -0.05) is 68.8 Å². The van der Waals surface area contributed by atoms with Crippen LogP contribution in [-0.2, 0) is 48.4 Å². The van der Waals surface area contributed by atoms with E-state index < -0.39 is 30.0 Å².